The lowest BCUT2D eigenvalue weighted by Crippen LogP contribution is -2.63. The van der Waals surface area contributed by atoms with Gasteiger partial charge in [0.1, 0.15) is 6.04 Å². The molecule has 9 heteroatoms. The van der Waals surface area contributed by atoms with Crippen LogP contribution in [0.2, 0.25) is 0 Å². The van der Waals surface area contributed by atoms with Crippen LogP contribution in [0.4, 0.5) is 5.69 Å². The molecule has 0 radical (unpaired) electrons. The standard InChI is InChI=1S/C26H28N4O5/c1-16(2)35-13-5-12-28-15-23(31)29-22(26(28)32)14-20-19-6-3-4-7-21(19)27-24(20)25(29)17-8-10-18(11-9-17)30(33)34/h3-4,6-11,16,22,25,27H,5,12-15H2,1-2H3. The number of fused-ring (bicyclic) bond motifs is 4. The number of nitrogens with one attached hydrogen (secondary N) is 1. The number of benzene rings is 2. The van der Waals surface area contributed by atoms with Gasteiger partial charge in [-0.25, -0.2) is 0 Å². The molecule has 9 nitrogen and oxygen atoms in total. The Morgan fingerprint density at radius 2 is 1.89 bits per heavy atom. The number of carbonyl (C=O) groups excluding carboxylic acids is 2. The van der Waals surface area contributed by atoms with Crippen molar-refractivity contribution in [3.8, 4) is 0 Å². The number of nitro benzene ring substituents is 1. The minimum Gasteiger partial charge on any atom is -0.379 e. The van der Waals surface area contributed by atoms with E-state index in [-0.39, 0.29) is 30.2 Å². The van der Waals surface area contributed by atoms with E-state index in [2.05, 4.69) is 4.98 Å². The van der Waals surface area contributed by atoms with E-state index in [1.54, 1.807) is 21.9 Å². The fourth-order valence-corrected chi connectivity index (χ4v) is 5.21. The van der Waals surface area contributed by atoms with E-state index in [4.69, 9.17) is 4.74 Å². The average Bonchev–Trinajstić information content (AvgIpc) is 3.21. The van der Waals surface area contributed by atoms with E-state index in [1.807, 2.05) is 38.1 Å². The number of rotatable bonds is 7. The lowest BCUT2D eigenvalue weighted by molar-refractivity contribution is -0.384. The van der Waals surface area contributed by atoms with Crippen molar-refractivity contribution in [2.45, 2.75) is 44.9 Å². The van der Waals surface area contributed by atoms with Gasteiger partial charge >= 0.3 is 0 Å². The number of H-pyrrole nitrogens is 1. The maximum Gasteiger partial charge on any atom is 0.269 e. The van der Waals surface area contributed by atoms with Crippen LogP contribution in [0, 0.1) is 10.1 Å². The van der Waals surface area contributed by atoms with Gasteiger partial charge in [-0.1, -0.05) is 18.2 Å². The highest BCUT2D eigenvalue weighted by molar-refractivity contribution is 5.97. The molecule has 3 aromatic rings. The number of nitro groups is 1. The van der Waals surface area contributed by atoms with Gasteiger partial charge in [0.05, 0.1) is 23.6 Å². The first-order chi connectivity index (χ1) is 16.8. The highest BCUT2D eigenvalue weighted by atomic mass is 16.6. The number of ether oxygens (including phenoxy) is 1. The zero-order chi connectivity index (χ0) is 24.7. The van der Waals surface area contributed by atoms with Gasteiger partial charge in [0.15, 0.2) is 0 Å². The molecule has 1 fully saturated rings. The molecule has 2 unspecified atom stereocenters. The molecule has 182 valence electrons. The summed E-state index contributed by atoms with van der Waals surface area (Å²) in [5.74, 6) is -0.205. The fraction of sp³-hybridized carbons (Fsp3) is 0.385. The van der Waals surface area contributed by atoms with Crippen LogP contribution in [0.1, 0.15) is 43.1 Å². The van der Waals surface area contributed by atoms with Crippen LogP contribution in [0.3, 0.4) is 0 Å². The van der Waals surface area contributed by atoms with E-state index in [1.165, 1.54) is 12.1 Å². The van der Waals surface area contributed by atoms with Crippen LogP contribution in [0.25, 0.3) is 10.9 Å². The maximum atomic E-state index is 13.6. The Kier molecular flexibility index (Phi) is 6.02. The van der Waals surface area contributed by atoms with Gasteiger partial charge in [-0.15, -0.1) is 0 Å². The minimum atomic E-state index is -0.630. The van der Waals surface area contributed by atoms with Crippen LogP contribution in [-0.2, 0) is 20.7 Å². The summed E-state index contributed by atoms with van der Waals surface area (Å²) < 4.78 is 5.60. The molecule has 1 saturated heterocycles. The second kappa shape index (κ2) is 9.14. The summed E-state index contributed by atoms with van der Waals surface area (Å²) in [5.41, 5.74) is 3.52. The second-order valence-corrected chi connectivity index (χ2v) is 9.37. The topological polar surface area (TPSA) is 109 Å². The largest absolute Gasteiger partial charge is 0.379 e. The Balaban J connectivity index is 1.53. The summed E-state index contributed by atoms with van der Waals surface area (Å²) in [4.78, 5) is 44.6. The summed E-state index contributed by atoms with van der Waals surface area (Å²) in [6, 6.07) is 13.0. The normalized spacial score (nSPS) is 19.9. The molecule has 0 saturated carbocycles. The number of hydrogen-bond donors (Lipinski definition) is 1. The minimum absolute atomic E-state index is 0.00998. The Hall–Kier alpha value is -3.72. The van der Waals surface area contributed by atoms with Gasteiger partial charge in [-0.3, -0.25) is 19.7 Å². The summed E-state index contributed by atoms with van der Waals surface area (Å²) in [5, 5.41) is 12.2. The zero-order valence-electron chi connectivity index (χ0n) is 19.8. The van der Waals surface area contributed by atoms with Crippen molar-refractivity contribution in [2.24, 2.45) is 0 Å². The summed E-state index contributed by atoms with van der Waals surface area (Å²) >= 11 is 0. The van der Waals surface area contributed by atoms with Crippen molar-refractivity contribution < 1.29 is 19.2 Å². The summed E-state index contributed by atoms with van der Waals surface area (Å²) in [7, 11) is 0. The molecule has 3 heterocycles. The highest BCUT2D eigenvalue weighted by Crippen LogP contribution is 2.42. The molecule has 2 aliphatic rings. The lowest BCUT2D eigenvalue weighted by Gasteiger charge is -2.47. The van der Waals surface area contributed by atoms with Crippen molar-refractivity contribution in [1.82, 2.24) is 14.8 Å². The quantitative estimate of drug-likeness (QED) is 0.319. The average molecular weight is 477 g/mol. The molecule has 5 rings (SSSR count). The molecule has 0 spiro atoms. The number of piperazine rings is 1. The summed E-state index contributed by atoms with van der Waals surface area (Å²) in [6.07, 6.45) is 1.20. The van der Waals surface area contributed by atoms with Crippen molar-refractivity contribution in [2.75, 3.05) is 19.7 Å². The third kappa shape index (κ3) is 4.16. The number of hydrogen-bond acceptors (Lipinski definition) is 5. The van der Waals surface area contributed by atoms with Gasteiger partial charge in [-0.2, -0.15) is 0 Å². The molecule has 1 aromatic heterocycles. The number of aromatic amines is 1. The molecule has 2 aromatic carbocycles. The Morgan fingerprint density at radius 3 is 2.60 bits per heavy atom. The first kappa shape index (κ1) is 23.0. The number of para-hydroxylation sites is 1. The van der Waals surface area contributed by atoms with Gasteiger partial charge < -0.3 is 19.5 Å². The van der Waals surface area contributed by atoms with Crippen molar-refractivity contribution in [3.63, 3.8) is 0 Å². The van der Waals surface area contributed by atoms with E-state index in [9.17, 15) is 19.7 Å². The Bertz CT molecular complexity index is 1280. The molecule has 2 amide bonds. The lowest BCUT2D eigenvalue weighted by atomic mass is 9.86. The zero-order valence-corrected chi connectivity index (χ0v) is 19.8. The van der Waals surface area contributed by atoms with E-state index >= 15 is 0 Å². The molecule has 0 bridgehead atoms. The van der Waals surface area contributed by atoms with E-state index < -0.39 is 17.0 Å². The molecular formula is C26H28N4O5. The molecular weight excluding hydrogens is 448 g/mol. The van der Waals surface area contributed by atoms with Gasteiger partial charge in [0.25, 0.3) is 5.69 Å². The predicted octanol–water partition coefficient (Wildman–Crippen LogP) is 3.58. The first-order valence-corrected chi connectivity index (χ1v) is 11.9. The Morgan fingerprint density at radius 1 is 1.14 bits per heavy atom. The monoisotopic (exact) mass is 476 g/mol. The van der Waals surface area contributed by atoms with E-state index in [0.717, 1.165) is 27.7 Å². The van der Waals surface area contributed by atoms with Crippen molar-refractivity contribution in [1.29, 1.82) is 0 Å². The Labute approximate surface area is 202 Å². The first-order valence-electron chi connectivity index (χ1n) is 11.9. The SMILES string of the molecule is CC(C)OCCCN1CC(=O)N2C(Cc3c([nH]c4ccccc34)C2c2ccc([N+](=O)[O-])cc2)C1=O. The summed E-state index contributed by atoms with van der Waals surface area (Å²) in [6.45, 7) is 4.93. The molecule has 1 N–H and O–H groups in total. The van der Waals surface area contributed by atoms with Crippen molar-refractivity contribution >= 4 is 28.4 Å². The highest BCUT2D eigenvalue weighted by Gasteiger charge is 2.48. The maximum absolute atomic E-state index is 13.6. The number of nitrogens with zero attached hydrogens (tertiary/aromatic N) is 3. The molecule has 2 aliphatic heterocycles. The number of aromatic nitrogens is 1. The van der Waals surface area contributed by atoms with Crippen LogP contribution in [0.5, 0.6) is 0 Å². The molecule has 2 atom stereocenters. The number of carbonyl (C=O) groups is 2. The van der Waals surface area contributed by atoms with Gasteiger partial charge in [-0.05, 0) is 49.6 Å². The second-order valence-electron chi connectivity index (χ2n) is 9.37. The third-order valence-electron chi connectivity index (χ3n) is 6.79. The fourth-order valence-electron chi connectivity index (χ4n) is 5.21. The number of amides is 2. The molecule has 35 heavy (non-hydrogen) atoms. The van der Waals surface area contributed by atoms with Crippen LogP contribution < -0.4 is 0 Å². The smallest absolute Gasteiger partial charge is 0.269 e. The molecule has 0 aliphatic carbocycles. The van der Waals surface area contributed by atoms with Gasteiger partial charge in [0.2, 0.25) is 11.8 Å². The van der Waals surface area contributed by atoms with Crippen LogP contribution >= 0.6 is 0 Å². The van der Waals surface area contributed by atoms with Crippen LogP contribution in [-0.4, -0.2) is 63.4 Å². The third-order valence-corrected chi connectivity index (χ3v) is 6.79. The van der Waals surface area contributed by atoms with Crippen LogP contribution in [0.15, 0.2) is 48.5 Å². The van der Waals surface area contributed by atoms with E-state index in [0.29, 0.717) is 26.0 Å². The predicted molar refractivity (Wildman–Crippen MR) is 130 cm³/mol. The van der Waals surface area contributed by atoms with Crippen molar-refractivity contribution in [3.05, 3.63) is 75.5 Å². The van der Waals surface area contributed by atoms with Gasteiger partial charge in [0, 0.05) is 48.3 Å². The number of non-ortho nitro benzene ring substituents is 1.